The minimum absolute atomic E-state index is 0.211. The molecule has 0 saturated carbocycles. The van der Waals surface area contributed by atoms with E-state index in [2.05, 4.69) is 15.9 Å². The van der Waals surface area contributed by atoms with Crippen LogP contribution in [0.2, 0.25) is 0 Å². The second-order valence-corrected chi connectivity index (χ2v) is 6.04. The Hall–Kier alpha value is -1.60. The van der Waals surface area contributed by atoms with Gasteiger partial charge in [0, 0.05) is 4.47 Å². The number of nitrogens with zero attached hydrogens (tertiary/aromatic N) is 1. The third kappa shape index (κ3) is 3.95. The van der Waals surface area contributed by atoms with Crippen LogP contribution in [-0.4, -0.2) is 35.2 Å². The topological polar surface area (TPSA) is 63.7 Å². The summed E-state index contributed by atoms with van der Waals surface area (Å²) in [7, 11) is 0. The molecule has 0 unspecified atom stereocenters. The predicted molar refractivity (Wildman–Crippen MR) is 83.5 cm³/mol. The van der Waals surface area contributed by atoms with Crippen molar-refractivity contribution in [1.29, 1.82) is 0 Å². The number of hydrogen-bond donors (Lipinski definition) is 0. The minimum atomic E-state index is -0.594. The van der Waals surface area contributed by atoms with Crippen LogP contribution >= 0.6 is 27.7 Å². The molecule has 0 aromatic heterocycles. The summed E-state index contributed by atoms with van der Waals surface area (Å²) < 4.78 is 5.63. The van der Waals surface area contributed by atoms with Gasteiger partial charge in [-0.25, -0.2) is 0 Å². The highest BCUT2D eigenvalue weighted by molar-refractivity contribution is 9.10. The summed E-state index contributed by atoms with van der Waals surface area (Å²) >= 11 is 4.16. The molecule has 0 spiro atoms. The standard InChI is InChI=1S/C14H12BrNO4S/c1-2-20-12(17)8-16-13(18)11(21-14(16)19)7-9-4-3-5-10(15)6-9/h3-7H,2,8H2,1H3/b11-7-. The SMILES string of the molecule is CCOC(=O)CN1C(=O)S/C(=C\c2cccc(Br)c2)C1=O. The van der Waals surface area contributed by atoms with Gasteiger partial charge in [0.2, 0.25) is 0 Å². The summed E-state index contributed by atoms with van der Waals surface area (Å²) in [5, 5.41) is -0.464. The Kier molecular flexibility index (Phi) is 5.19. The van der Waals surface area contributed by atoms with Gasteiger partial charge in [-0.1, -0.05) is 28.1 Å². The maximum Gasteiger partial charge on any atom is 0.326 e. The Balaban J connectivity index is 2.16. The molecule has 7 heteroatoms. The van der Waals surface area contributed by atoms with Gasteiger partial charge in [0.15, 0.2) is 0 Å². The molecule has 2 amide bonds. The number of hydrogen-bond acceptors (Lipinski definition) is 5. The molecule has 0 radical (unpaired) electrons. The van der Waals surface area contributed by atoms with Crippen molar-refractivity contribution in [2.75, 3.05) is 13.2 Å². The molecular weight excluding hydrogens is 358 g/mol. The van der Waals surface area contributed by atoms with Gasteiger partial charge >= 0.3 is 5.97 Å². The average Bonchev–Trinajstić information content (AvgIpc) is 2.67. The van der Waals surface area contributed by atoms with Crippen LogP contribution < -0.4 is 0 Å². The van der Waals surface area contributed by atoms with Crippen molar-refractivity contribution in [3.05, 3.63) is 39.2 Å². The molecule has 5 nitrogen and oxygen atoms in total. The Morgan fingerprint density at radius 2 is 2.19 bits per heavy atom. The Morgan fingerprint density at radius 1 is 1.43 bits per heavy atom. The van der Waals surface area contributed by atoms with Gasteiger partial charge in [-0.05, 0) is 42.5 Å². The van der Waals surface area contributed by atoms with Gasteiger partial charge in [-0.3, -0.25) is 19.3 Å². The summed E-state index contributed by atoms with van der Waals surface area (Å²) in [4.78, 5) is 36.5. The van der Waals surface area contributed by atoms with Crippen LogP contribution in [0.15, 0.2) is 33.6 Å². The van der Waals surface area contributed by atoms with Crippen LogP contribution in [0.3, 0.4) is 0 Å². The fraction of sp³-hybridized carbons (Fsp3) is 0.214. The Morgan fingerprint density at radius 3 is 2.86 bits per heavy atom. The highest BCUT2D eigenvalue weighted by atomic mass is 79.9. The van der Waals surface area contributed by atoms with E-state index in [9.17, 15) is 14.4 Å². The van der Waals surface area contributed by atoms with Crippen LogP contribution in [0, 0.1) is 0 Å². The summed E-state index contributed by atoms with van der Waals surface area (Å²) in [5.74, 6) is -1.07. The molecule has 1 aromatic rings. The summed E-state index contributed by atoms with van der Waals surface area (Å²) in [6, 6.07) is 7.35. The predicted octanol–water partition coefficient (Wildman–Crippen LogP) is 3.05. The molecular formula is C14H12BrNO4S. The number of ether oxygens (including phenoxy) is 1. The number of esters is 1. The van der Waals surface area contributed by atoms with Gasteiger partial charge in [0.1, 0.15) is 6.54 Å². The van der Waals surface area contributed by atoms with E-state index in [0.29, 0.717) is 4.91 Å². The lowest BCUT2D eigenvalue weighted by molar-refractivity contribution is -0.145. The number of carbonyl (C=O) groups excluding carboxylic acids is 3. The third-order valence-corrected chi connectivity index (χ3v) is 4.01. The normalized spacial score (nSPS) is 16.7. The Bertz CT molecular complexity index is 629. The highest BCUT2D eigenvalue weighted by Gasteiger charge is 2.36. The number of benzene rings is 1. The largest absolute Gasteiger partial charge is 0.465 e. The number of carbonyl (C=O) groups is 3. The second kappa shape index (κ2) is 6.91. The number of amides is 2. The molecule has 0 bridgehead atoms. The van der Waals surface area contributed by atoms with Crippen LogP contribution in [0.4, 0.5) is 4.79 Å². The summed E-state index contributed by atoms with van der Waals surface area (Å²) in [6.45, 7) is 1.52. The molecule has 1 aliphatic heterocycles. The molecule has 0 N–H and O–H groups in total. The van der Waals surface area contributed by atoms with Crippen molar-refractivity contribution in [2.24, 2.45) is 0 Å². The lowest BCUT2D eigenvalue weighted by atomic mass is 10.2. The Labute approximate surface area is 134 Å². The van der Waals surface area contributed by atoms with Gasteiger partial charge in [0.05, 0.1) is 11.5 Å². The lowest BCUT2D eigenvalue weighted by Gasteiger charge is -2.10. The first kappa shape index (κ1) is 15.8. The molecule has 21 heavy (non-hydrogen) atoms. The number of thioether (sulfide) groups is 1. The molecule has 1 fully saturated rings. The molecule has 2 rings (SSSR count). The van der Waals surface area contributed by atoms with Crippen molar-refractivity contribution in [1.82, 2.24) is 4.90 Å². The molecule has 1 heterocycles. The van der Waals surface area contributed by atoms with Crippen LogP contribution in [0.5, 0.6) is 0 Å². The van der Waals surface area contributed by atoms with E-state index >= 15 is 0 Å². The second-order valence-electron chi connectivity index (χ2n) is 4.13. The van der Waals surface area contributed by atoms with E-state index in [4.69, 9.17) is 4.74 Å². The summed E-state index contributed by atoms with van der Waals surface area (Å²) in [6.07, 6.45) is 1.63. The smallest absolute Gasteiger partial charge is 0.326 e. The van der Waals surface area contributed by atoms with Gasteiger partial charge in [-0.15, -0.1) is 0 Å². The first-order chi connectivity index (χ1) is 10.0. The minimum Gasteiger partial charge on any atom is -0.465 e. The molecule has 1 aromatic carbocycles. The van der Waals surface area contributed by atoms with Crippen molar-refractivity contribution >= 4 is 50.9 Å². The lowest BCUT2D eigenvalue weighted by Crippen LogP contribution is -2.34. The van der Waals surface area contributed by atoms with E-state index in [0.717, 1.165) is 26.7 Å². The zero-order chi connectivity index (χ0) is 15.4. The van der Waals surface area contributed by atoms with Crippen molar-refractivity contribution in [3.8, 4) is 0 Å². The number of halogens is 1. The number of imide groups is 1. The van der Waals surface area contributed by atoms with Gasteiger partial charge in [-0.2, -0.15) is 0 Å². The van der Waals surface area contributed by atoms with E-state index < -0.39 is 17.1 Å². The van der Waals surface area contributed by atoms with E-state index in [1.807, 2.05) is 24.3 Å². The molecule has 1 aliphatic rings. The number of rotatable bonds is 4. The molecule has 110 valence electrons. The van der Waals surface area contributed by atoms with E-state index in [-0.39, 0.29) is 13.2 Å². The van der Waals surface area contributed by atoms with Crippen LogP contribution in [0.1, 0.15) is 12.5 Å². The van der Waals surface area contributed by atoms with E-state index in [1.54, 1.807) is 13.0 Å². The maximum atomic E-state index is 12.1. The first-order valence-electron chi connectivity index (χ1n) is 6.18. The molecule has 0 aliphatic carbocycles. The zero-order valence-electron chi connectivity index (χ0n) is 11.2. The first-order valence-corrected chi connectivity index (χ1v) is 7.78. The van der Waals surface area contributed by atoms with E-state index in [1.165, 1.54) is 0 Å². The average molecular weight is 370 g/mol. The highest BCUT2D eigenvalue weighted by Crippen LogP contribution is 2.32. The van der Waals surface area contributed by atoms with Crippen molar-refractivity contribution in [2.45, 2.75) is 6.92 Å². The maximum absolute atomic E-state index is 12.1. The molecule has 0 atom stereocenters. The quantitative estimate of drug-likeness (QED) is 0.602. The van der Waals surface area contributed by atoms with Crippen LogP contribution in [-0.2, 0) is 14.3 Å². The van der Waals surface area contributed by atoms with Crippen LogP contribution in [0.25, 0.3) is 6.08 Å². The summed E-state index contributed by atoms with van der Waals surface area (Å²) in [5.41, 5.74) is 0.797. The monoisotopic (exact) mass is 369 g/mol. The van der Waals surface area contributed by atoms with Crippen molar-refractivity contribution in [3.63, 3.8) is 0 Å². The van der Waals surface area contributed by atoms with Crippen molar-refractivity contribution < 1.29 is 19.1 Å². The fourth-order valence-electron chi connectivity index (χ4n) is 1.72. The van der Waals surface area contributed by atoms with Gasteiger partial charge < -0.3 is 4.74 Å². The fourth-order valence-corrected chi connectivity index (χ4v) is 2.98. The third-order valence-electron chi connectivity index (χ3n) is 2.61. The zero-order valence-corrected chi connectivity index (χ0v) is 13.6. The molecule has 1 saturated heterocycles. The van der Waals surface area contributed by atoms with Gasteiger partial charge in [0.25, 0.3) is 11.1 Å².